The smallest absolute Gasteiger partial charge is 0.327 e. The predicted molar refractivity (Wildman–Crippen MR) is 198 cm³/mol. The Morgan fingerprint density at radius 3 is 2.13 bits per heavy atom. The summed E-state index contributed by atoms with van der Waals surface area (Å²) in [6.07, 6.45) is 1.94. The number of hydrogen-bond donors (Lipinski definition) is 4. The summed E-state index contributed by atoms with van der Waals surface area (Å²) >= 11 is 0. The molecule has 52 heavy (non-hydrogen) atoms. The highest BCUT2D eigenvalue weighted by Crippen LogP contribution is 2.51. The number of carboxylic acid groups (broad SMARTS) is 1. The Morgan fingerprint density at radius 2 is 1.65 bits per heavy atom. The number of carbonyl (C=O) groups is 5. The van der Waals surface area contributed by atoms with Crippen LogP contribution in [0.15, 0.2) is 30.3 Å². The summed E-state index contributed by atoms with van der Waals surface area (Å²) in [4.78, 5) is 70.5. The van der Waals surface area contributed by atoms with Gasteiger partial charge in [0.25, 0.3) is 0 Å². The van der Waals surface area contributed by atoms with Gasteiger partial charge in [0.15, 0.2) is 0 Å². The third-order valence-corrected chi connectivity index (χ3v) is 11.3. The standard InChI is InChI=1S/C39H63N5O8/c1-11-24(4)31(43(8)35(47)30(23(2)3)41-37(50)38(6,7)40)28(51-9)22-29(45)44-21-15-18-27(44)32(52-10)25(5)34(46)42-33(36(48)49)39(19-20-39)26-16-13-12-14-17-26/h12-14,16-17,23-25,27-28,30-33H,11,15,18-22,40H2,1-10H3,(H,41,50)(H,42,46)(H,48,49)/t24?,25?,27-,28?,30?,31?,32?,33?/m0/s1. The van der Waals surface area contributed by atoms with E-state index in [1.807, 2.05) is 58.0 Å². The fourth-order valence-corrected chi connectivity index (χ4v) is 7.73. The van der Waals surface area contributed by atoms with Crippen LogP contribution >= 0.6 is 0 Å². The molecule has 1 aromatic rings. The van der Waals surface area contributed by atoms with Crippen LogP contribution in [0.2, 0.25) is 0 Å². The van der Waals surface area contributed by atoms with Gasteiger partial charge in [-0.3, -0.25) is 19.2 Å². The number of rotatable bonds is 19. The number of amides is 4. The van der Waals surface area contributed by atoms with Crippen molar-refractivity contribution in [1.82, 2.24) is 20.4 Å². The Hall–Kier alpha value is -3.55. The lowest BCUT2D eigenvalue weighted by Crippen LogP contribution is -2.60. The number of aliphatic carboxylic acids is 1. The number of likely N-dealkylation sites (N-methyl/N-ethyl adjacent to an activating group) is 1. The Balaban J connectivity index is 1.79. The van der Waals surface area contributed by atoms with Gasteiger partial charge in [0.1, 0.15) is 12.1 Å². The van der Waals surface area contributed by atoms with E-state index in [2.05, 4.69) is 10.6 Å². The first-order chi connectivity index (χ1) is 24.4. The van der Waals surface area contributed by atoms with Crippen LogP contribution in [0.25, 0.3) is 0 Å². The Labute approximate surface area is 309 Å². The number of nitrogens with one attached hydrogen (secondary N) is 2. The van der Waals surface area contributed by atoms with Gasteiger partial charge in [-0.15, -0.1) is 0 Å². The second-order valence-electron chi connectivity index (χ2n) is 15.8. The first kappa shape index (κ1) is 42.9. The molecule has 0 spiro atoms. The van der Waals surface area contributed by atoms with E-state index in [0.717, 1.165) is 5.56 Å². The Kier molecular flexibility index (Phi) is 14.8. The van der Waals surface area contributed by atoms with Crippen LogP contribution in [-0.4, -0.2) is 114 Å². The van der Waals surface area contributed by atoms with Crippen molar-refractivity contribution in [2.75, 3.05) is 27.8 Å². The summed E-state index contributed by atoms with van der Waals surface area (Å²) < 4.78 is 11.9. The molecule has 3 rings (SSSR count). The van der Waals surface area contributed by atoms with Crippen molar-refractivity contribution in [3.8, 4) is 0 Å². The van der Waals surface area contributed by atoms with Crippen molar-refractivity contribution >= 4 is 29.6 Å². The van der Waals surface area contributed by atoms with E-state index in [1.165, 1.54) is 14.2 Å². The monoisotopic (exact) mass is 729 g/mol. The van der Waals surface area contributed by atoms with Gasteiger partial charge < -0.3 is 40.7 Å². The van der Waals surface area contributed by atoms with Crippen molar-refractivity contribution < 1.29 is 38.6 Å². The molecule has 1 saturated carbocycles. The molecule has 292 valence electrons. The van der Waals surface area contributed by atoms with Crippen LogP contribution in [0, 0.1) is 17.8 Å². The van der Waals surface area contributed by atoms with Crippen LogP contribution < -0.4 is 16.4 Å². The second kappa shape index (κ2) is 18.0. The lowest BCUT2D eigenvalue weighted by atomic mass is 9.87. The zero-order chi connectivity index (χ0) is 39.1. The zero-order valence-electron chi connectivity index (χ0n) is 32.8. The normalized spacial score (nSPS) is 20.9. The van der Waals surface area contributed by atoms with Gasteiger partial charge in [-0.05, 0) is 56.9 Å². The third kappa shape index (κ3) is 9.70. The third-order valence-electron chi connectivity index (χ3n) is 11.3. The summed E-state index contributed by atoms with van der Waals surface area (Å²) in [5.41, 5.74) is 5.05. The molecule has 0 radical (unpaired) electrons. The van der Waals surface area contributed by atoms with Gasteiger partial charge in [0.05, 0.1) is 42.2 Å². The lowest BCUT2D eigenvalue weighted by Gasteiger charge is -2.41. The molecule has 7 unspecified atom stereocenters. The van der Waals surface area contributed by atoms with Crippen molar-refractivity contribution in [3.05, 3.63) is 35.9 Å². The first-order valence-corrected chi connectivity index (χ1v) is 18.7. The van der Waals surface area contributed by atoms with Gasteiger partial charge in [0.2, 0.25) is 23.6 Å². The molecule has 13 nitrogen and oxygen atoms in total. The molecule has 13 heteroatoms. The highest BCUT2D eigenvalue weighted by molar-refractivity contribution is 5.92. The maximum atomic E-state index is 14.1. The summed E-state index contributed by atoms with van der Waals surface area (Å²) in [6.45, 7) is 13.0. The maximum absolute atomic E-state index is 14.1. The largest absolute Gasteiger partial charge is 0.480 e. The summed E-state index contributed by atoms with van der Waals surface area (Å²) in [5.74, 6) is -3.51. The number of methoxy groups -OCH3 is 2. The molecule has 1 aliphatic heterocycles. The lowest BCUT2D eigenvalue weighted by molar-refractivity contribution is -0.148. The Bertz CT molecular complexity index is 1390. The Morgan fingerprint density at radius 1 is 1.04 bits per heavy atom. The van der Waals surface area contributed by atoms with E-state index in [-0.39, 0.29) is 30.1 Å². The van der Waals surface area contributed by atoms with Gasteiger partial charge in [-0.25, -0.2) is 4.79 Å². The zero-order valence-corrected chi connectivity index (χ0v) is 32.8. The molecule has 1 heterocycles. The number of ether oxygens (including phenoxy) is 2. The molecule has 1 saturated heterocycles. The van der Waals surface area contributed by atoms with E-state index in [0.29, 0.717) is 38.6 Å². The van der Waals surface area contributed by atoms with Crippen LogP contribution in [-0.2, 0) is 38.9 Å². The van der Waals surface area contributed by atoms with Gasteiger partial charge in [0, 0.05) is 33.2 Å². The topological polar surface area (TPSA) is 181 Å². The van der Waals surface area contributed by atoms with E-state index in [1.54, 1.807) is 37.6 Å². The number of nitrogens with zero attached hydrogens (tertiary/aromatic N) is 2. The molecule has 2 aliphatic rings. The predicted octanol–water partition coefficient (Wildman–Crippen LogP) is 3.09. The van der Waals surface area contributed by atoms with Crippen LogP contribution in [0.1, 0.15) is 92.6 Å². The van der Waals surface area contributed by atoms with E-state index in [9.17, 15) is 29.1 Å². The SMILES string of the molecule is CCC(C)C(C(CC(=O)N1CCC[C@H]1C(OC)C(C)C(=O)NC(C(=O)O)C1(c2ccccc2)CC1)OC)N(C)C(=O)C(NC(=O)C(C)(C)N)C(C)C. The minimum atomic E-state index is -1.17. The van der Waals surface area contributed by atoms with Gasteiger partial charge >= 0.3 is 5.97 Å². The van der Waals surface area contributed by atoms with Crippen molar-refractivity contribution in [3.63, 3.8) is 0 Å². The van der Waals surface area contributed by atoms with Gasteiger partial charge in [-0.2, -0.15) is 0 Å². The fraction of sp³-hybridized carbons (Fsp3) is 0.718. The van der Waals surface area contributed by atoms with E-state index in [4.69, 9.17) is 15.2 Å². The molecular formula is C39H63N5O8. The number of likely N-dealkylation sites (tertiary alicyclic amines) is 1. The molecule has 1 aliphatic carbocycles. The maximum Gasteiger partial charge on any atom is 0.327 e. The molecule has 5 N–H and O–H groups in total. The minimum Gasteiger partial charge on any atom is -0.480 e. The van der Waals surface area contributed by atoms with Crippen molar-refractivity contribution in [1.29, 1.82) is 0 Å². The second-order valence-corrected chi connectivity index (χ2v) is 15.8. The molecule has 8 atom stereocenters. The molecule has 0 aromatic heterocycles. The fourth-order valence-electron chi connectivity index (χ4n) is 7.73. The average molecular weight is 730 g/mol. The summed E-state index contributed by atoms with van der Waals surface area (Å²) in [6, 6.07) is 6.55. The quantitative estimate of drug-likeness (QED) is 0.167. The van der Waals surface area contributed by atoms with Crippen LogP contribution in [0.3, 0.4) is 0 Å². The van der Waals surface area contributed by atoms with Crippen molar-refractivity contribution in [2.24, 2.45) is 23.5 Å². The first-order valence-electron chi connectivity index (χ1n) is 18.7. The molecular weight excluding hydrogens is 666 g/mol. The van der Waals surface area contributed by atoms with Crippen LogP contribution in [0.5, 0.6) is 0 Å². The molecule has 2 fully saturated rings. The highest BCUT2D eigenvalue weighted by Gasteiger charge is 2.55. The van der Waals surface area contributed by atoms with Crippen LogP contribution in [0.4, 0.5) is 0 Å². The number of carbonyl (C=O) groups excluding carboxylic acids is 4. The summed E-state index contributed by atoms with van der Waals surface area (Å²) in [7, 11) is 4.71. The highest BCUT2D eigenvalue weighted by atomic mass is 16.5. The summed E-state index contributed by atoms with van der Waals surface area (Å²) in [5, 5.41) is 15.9. The van der Waals surface area contributed by atoms with E-state index >= 15 is 0 Å². The average Bonchev–Trinajstić information content (AvgIpc) is 3.76. The molecule has 0 bridgehead atoms. The number of benzene rings is 1. The molecule has 1 aromatic carbocycles. The molecule has 4 amide bonds. The number of carboxylic acids is 1. The number of nitrogens with two attached hydrogens (primary N) is 1. The minimum absolute atomic E-state index is 0.0220. The number of hydrogen-bond acceptors (Lipinski definition) is 8. The van der Waals surface area contributed by atoms with Gasteiger partial charge in [-0.1, -0.05) is 71.4 Å². The van der Waals surface area contributed by atoms with Crippen molar-refractivity contribution in [2.45, 2.75) is 134 Å². The van der Waals surface area contributed by atoms with E-state index < -0.39 is 71.0 Å².